The predicted molar refractivity (Wildman–Crippen MR) is 66.9 cm³/mol. The maximum Gasteiger partial charge on any atom is 0.243 e. The van der Waals surface area contributed by atoms with Gasteiger partial charge >= 0.3 is 0 Å². The number of amides is 2. The van der Waals surface area contributed by atoms with Gasteiger partial charge in [-0.2, -0.15) is 0 Å². The zero-order valence-corrected chi connectivity index (χ0v) is 10.8. The van der Waals surface area contributed by atoms with Crippen molar-refractivity contribution in [1.82, 2.24) is 15.2 Å². The van der Waals surface area contributed by atoms with E-state index in [4.69, 9.17) is 11.6 Å². The first-order chi connectivity index (χ1) is 8.60. The summed E-state index contributed by atoms with van der Waals surface area (Å²) in [5.41, 5.74) is 0.753. The predicted octanol–water partition coefficient (Wildman–Crippen LogP) is 0.972. The Bertz CT molecular complexity index is 478. The van der Waals surface area contributed by atoms with Gasteiger partial charge in [0.25, 0.3) is 0 Å². The maximum absolute atomic E-state index is 11.7. The van der Waals surface area contributed by atoms with E-state index in [1.165, 1.54) is 0 Å². The monoisotopic (exact) mass is 267 g/mol. The van der Waals surface area contributed by atoms with Crippen LogP contribution in [0.4, 0.5) is 0 Å². The highest BCUT2D eigenvalue weighted by molar-refractivity contribution is 6.30. The Labute approximate surface area is 110 Å². The highest BCUT2D eigenvalue weighted by Gasteiger charge is 2.32. The number of aromatic nitrogens is 1. The topological polar surface area (TPSA) is 62.3 Å². The van der Waals surface area contributed by atoms with Gasteiger partial charge in [-0.25, -0.2) is 0 Å². The van der Waals surface area contributed by atoms with Crippen LogP contribution in [0.1, 0.15) is 19.0 Å². The summed E-state index contributed by atoms with van der Waals surface area (Å²) in [6, 6.07) is 3.14. The average molecular weight is 268 g/mol. The van der Waals surface area contributed by atoms with E-state index < -0.39 is 0 Å². The fourth-order valence-electron chi connectivity index (χ4n) is 2.07. The maximum atomic E-state index is 11.7. The van der Waals surface area contributed by atoms with Crippen LogP contribution in [0.5, 0.6) is 0 Å². The summed E-state index contributed by atoms with van der Waals surface area (Å²) < 4.78 is 0. The van der Waals surface area contributed by atoms with E-state index in [0.29, 0.717) is 18.0 Å². The molecule has 0 aliphatic carbocycles. The van der Waals surface area contributed by atoms with Crippen molar-refractivity contribution in [2.24, 2.45) is 0 Å². The first-order valence-corrected chi connectivity index (χ1v) is 6.16. The third kappa shape index (κ3) is 2.86. The number of halogens is 1. The Morgan fingerprint density at radius 3 is 3.00 bits per heavy atom. The van der Waals surface area contributed by atoms with E-state index in [2.05, 4.69) is 10.3 Å². The Hall–Kier alpha value is -1.46. The Morgan fingerprint density at radius 2 is 2.33 bits per heavy atom. The quantitative estimate of drug-likeness (QED) is 0.829. The number of nitrogens with one attached hydrogen (secondary N) is 1. The molecule has 1 aromatic rings. The van der Waals surface area contributed by atoms with Gasteiger partial charge in [-0.3, -0.25) is 24.8 Å². The van der Waals surface area contributed by atoms with Gasteiger partial charge in [0.15, 0.2) is 0 Å². The second kappa shape index (κ2) is 5.46. The highest BCUT2D eigenvalue weighted by atomic mass is 35.5. The number of carbonyl (C=O) groups is 2. The molecule has 1 saturated heterocycles. The van der Waals surface area contributed by atoms with Gasteiger partial charge in [0, 0.05) is 17.8 Å². The number of hydrogen-bond donors (Lipinski definition) is 1. The van der Waals surface area contributed by atoms with E-state index in [0.717, 1.165) is 5.69 Å². The molecule has 1 aromatic heterocycles. The van der Waals surface area contributed by atoms with Crippen molar-refractivity contribution in [1.29, 1.82) is 0 Å². The second-order valence-corrected chi connectivity index (χ2v) is 4.64. The lowest BCUT2D eigenvalue weighted by atomic mass is 10.1. The van der Waals surface area contributed by atoms with Crippen molar-refractivity contribution in [3.63, 3.8) is 0 Å². The summed E-state index contributed by atoms with van der Waals surface area (Å²) in [6.07, 6.45) is 2.27. The molecule has 0 saturated carbocycles. The zero-order chi connectivity index (χ0) is 13.1. The van der Waals surface area contributed by atoms with Crippen molar-refractivity contribution in [2.75, 3.05) is 6.54 Å². The molecule has 0 radical (unpaired) electrons. The Morgan fingerprint density at radius 1 is 1.56 bits per heavy atom. The molecule has 2 heterocycles. The molecule has 0 spiro atoms. The van der Waals surface area contributed by atoms with Crippen LogP contribution in [-0.4, -0.2) is 34.3 Å². The summed E-state index contributed by atoms with van der Waals surface area (Å²) in [5.74, 6) is -0.512. The summed E-state index contributed by atoms with van der Waals surface area (Å²) >= 11 is 5.89. The van der Waals surface area contributed by atoms with E-state index in [1.54, 1.807) is 18.3 Å². The summed E-state index contributed by atoms with van der Waals surface area (Å²) in [6.45, 7) is 2.56. The average Bonchev–Trinajstić information content (AvgIpc) is 2.28. The van der Waals surface area contributed by atoms with Gasteiger partial charge in [0.05, 0.1) is 18.3 Å². The smallest absolute Gasteiger partial charge is 0.243 e. The lowest BCUT2D eigenvalue weighted by Gasteiger charge is -2.32. The van der Waals surface area contributed by atoms with E-state index >= 15 is 0 Å². The zero-order valence-electron chi connectivity index (χ0n) is 10.0. The standard InChI is InChI=1S/C12H14ClN3O2/c1-2-10-12(18)15-11(17)7-16(10)6-9-5-8(13)3-4-14-9/h3-5,10H,2,6-7H2,1H3,(H,15,17,18). The molecule has 0 aromatic carbocycles. The third-order valence-corrected chi connectivity index (χ3v) is 3.12. The molecule has 1 unspecified atom stereocenters. The Kier molecular flexibility index (Phi) is 3.93. The number of nitrogens with zero attached hydrogens (tertiary/aromatic N) is 2. The van der Waals surface area contributed by atoms with Gasteiger partial charge in [-0.1, -0.05) is 18.5 Å². The molecule has 2 rings (SSSR count). The molecule has 1 fully saturated rings. The molecule has 96 valence electrons. The minimum absolute atomic E-state index is 0.207. The van der Waals surface area contributed by atoms with Crippen LogP contribution in [0.3, 0.4) is 0 Å². The molecule has 18 heavy (non-hydrogen) atoms. The Balaban J connectivity index is 2.15. The molecule has 2 amide bonds. The summed E-state index contributed by atoms with van der Waals surface area (Å²) in [7, 11) is 0. The van der Waals surface area contributed by atoms with Gasteiger partial charge in [-0.05, 0) is 18.6 Å². The van der Waals surface area contributed by atoms with Gasteiger partial charge in [0.2, 0.25) is 11.8 Å². The lowest BCUT2D eigenvalue weighted by Crippen LogP contribution is -2.57. The molecule has 6 heteroatoms. The first kappa shape index (κ1) is 13.0. The van der Waals surface area contributed by atoms with E-state index in [1.807, 2.05) is 11.8 Å². The summed E-state index contributed by atoms with van der Waals surface area (Å²) in [4.78, 5) is 29.1. The minimum atomic E-state index is -0.288. The number of imide groups is 1. The van der Waals surface area contributed by atoms with Crippen molar-refractivity contribution in [2.45, 2.75) is 25.9 Å². The minimum Gasteiger partial charge on any atom is -0.294 e. The molecule has 1 N–H and O–H groups in total. The second-order valence-electron chi connectivity index (χ2n) is 4.21. The van der Waals surface area contributed by atoms with Crippen LogP contribution >= 0.6 is 11.6 Å². The molecule has 1 aliphatic heterocycles. The van der Waals surface area contributed by atoms with Gasteiger partial charge < -0.3 is 0 Å². The van der Waals surface area contributed by atoms with Crippen LogP contribution in [0.2, 0.25) is 5.02 Å². The number of pyridine rings is 1. The van der Waals surface area contributed by atoms with Crippen LogP contribution in [-0.2, 0) is 16.1 Å². The first-order valence-electron chi connectivity index (χ1n) is 5.78. The number of piperazine rings is 1. The molecule has 0 bridgehead atoms. The normalized spacial score (nSPS) is 20.9. The van der Waals surface area contributed by atoms with E-state index in [-0.39, 0.29) is 24.4 Å². The van der Waals surface area contributed by atoms with Crippen LogP contribution < -0.4 is 5.32 Å². The number of hydrogen-bond acceptors (Lipinski definition) is 4. The number of rotatable bonds is 3. The third-order valence-electron chi connectivity index (χ3n) is 2.88. The highest BCUT2D eigenvalue weighted by Crippen LogP contribution is 2.15. The van der Waals surface area contributed by atoms with Crippen LogP contribution in [0, 0.1) is 0 Å². The number of carbonyl (C=O) groups excluding carboxylic acids is 2. The molecular weight excluding hydrogens is 254 g/mol. The van der Waals surface area contributed by atoms with E-state index in [9.17, 15) is 9.59 Å². The lowest BCUT2D eigenvalue weighted by molar-refractivity contribution is -0.140. The largest absolute Gasteiger partial charge is 0.294 e. The van der Waals surface area contributed by atoms with Crippen molar-refractivity contribution >= 4 is 23.4 Å². The molecule has 1 aliphatic rings. The molecule has 5 nitrogen and oxygen atoms in total. The summed E-state index contributed by atoms with van der Waals surface area (Å²) in [5, 5.41) is 2.94. The van der Waals surface area contributed by atoms with Crippen molar-refractivity contribution in [3.8, 4) is 0 Å². The van der Waals surface area contributed by atoms with Gasteiger partial charge in [0.1, 0.15) is 0 Å². The SMILES string of the molecule is CCC1C(=O)NC(=O)CN1Cc1cc(Cl)ccn1. The van der Waals surface area contributed by atoms with Crippen molar-refractivity contribution < 1.29 is 9.59 Å². The molecular formula is C12H14ClN3O2. The fraction of sp³-hybridized carbons (Fsp3) is 0.417. The molecule has 1 atom stereocenters. The van der Waals surface area contributed by atoms with Crippen LogP contribution in [0.25, 0.3) is 0 Å². The van der Waals surface area contributed by atoms with Crippen LogP contribution in [0.15, 0.2) is 18.3 Å². The fourth-order valence-corrected chi connectivity index (χ4v) is 2.26. The van der Waals surface area contributed by atoms with Crippen molar-refractivity contribution in [3.05, 3.63) is 29.0 Å². The van der Waals surface area contributed by atoms with Gasteiger partial charge in [-0.15, -0.1) is 0 Å².